The van der Waals surface area contributed by atoms with Crippen LogP contribution in [0.5, 0.6) is 0 Å². The molecular weight excluding hydrogens is 526 g/mol. The van der Waals surface area contributed by atoms with Gasteiger partial charge >= 0.3 is 0 Å². The summed E-state index contributed by atoms with van der Waals surface area (Å²) in [6.07, 6.45) is 0. The van der Waals surface area contributed by atoms with Gasteiger partial charge in [0.2, 0.25) is 0 Å². The molecule has 0 saturated carbocycles. The van der Waals surface area contributed by atoms with Crippen molar-refractivity contribution in [3.63, 3.8) is 0 Å². The molecule has 0 amide bonds. The molecule has 0 N–H and O–H groups in total. The summed E-state index contributed by atoms with van der Waals surface area (Å²) in [6.45, 7) is 0. The van der Waals surface area contributed by atoms with Gasteiger partial charge in [0.25, 0.3) is 0 Å². The zero-order chi connectivity index (χ0) is 28.6. The lowest BCUT2D eigenvalue weighted by atomic mass is 9.94. The molecule has 0 radical (unpaired) electrons. The molecule has 8 rings (SSSR count). The highest BCUT2D eigenvalue weighted by atomic mass is 16.3. The maximum absolute atomic E-state index is 6.57. The lowest BCUT2D eigenvalue weighted by Crippen LogP contribution is -2.01. The Morgan fingerprint density at radius 2 is 0.837 bits per heavy atom. The second-order valence-corrected chi connectivity index (χ2v) is 10.4. The first-order valence-corrected chi connectivity index (χ1v) is 14.3. The number of aromatic nitrogens is 3. The normalized spacial score (nSPS) is 11.3. The minimum absolute atomic E-state index is 0.595. The van der Waals surface area contributed by atoms with Crippen LogP contribution in [0.25, 0.3) is 78.4 Å². The molecule has 6 aromatic carbocycles. The van der Waals surface area contributed by atoms with E-state index >= 15 is 0 Å². The van der Waals surface area contributed by atoms with E-state index in [0.717, 1.165) is 55.3 Å². The van der Waals surface area contributed by atoms with Crippen LogP contribution >= 0.6 is 0 Å². The van der Waals surface area contributed by atoms with Gasteiger partial charge in [0, 0.05) is 33.0 Å². The van der Waals surface area contributed by atoms with Crippen LogP contribution in [0, 0.1) is 0 Å². The first kappa shape index (κ1) is 24.9. The molecule has 0 bridgehead atoms. The van der Waals surface area contributed by atoms with Gasteiger partial charge in [-0.2, -0.15) is 0 Å². The Morgan fingerprint density at radius 1 is 0.349 bits per heavy atom. The molecule has 4 heteroatoms. The number of fused-ring (bicyclic) bond motifs is 3. The average molecular weight is 552 g/mol. The summed E-state index contributed by atoms with van der Waals surface area (Å²) in [7, 11) is 0. The summed E-state index contributed by atoms with van der Waals surface area (Å²) in [5, 5.41) is 2.14. The Bertz CT molecular complexity index is 2150. The van der Waals surface area contributed by atoms with Gasteiger partial charge in [-0.3, -0.25) is 0 Å². The molecule has 2 aromatic heterocycles. The maximum Gasteiger partial charge on any atom is 0.164 e. The standard InChI is InChI=1S/C39H25N3O/c1-4-12-26(13-5-1)27-20-22-28(23-21-27)35-33(25-24-32-31-18-10-11-19-34(31)43-36(32)35)39-41-37(29-14-6-2-7-15-29)40-38(42-39)30-16-8-3-9-17-30/h1-25H. The van der Waals surface area contributed by atoms with E-state index in [9.17, 15) is 0 Å². The zero-order valence-electron chi connectivity index (χ0n) is 23.2. The summed E-state index contributed by atoms with van der Waals surface area (Å²) in [6, 6.07) is 51.6. The summed E-state index contributed by atoms with van der Waals surface area (Å²) in [5.41, 5.74) is 8.73. The molecular formula is C39H25N3O. The Morgan fingerprint density at radius 3 is 1.47 bits per heavy atom. The van der Waals surface area contributed by atoms with Crippen LogP contribution in [0.15, 0.2) is 156 Å². The smallest absolute Gasteiger partial charge is 0.164 e. The number of nitrogens with zero attached hydrogens (tertiary/aromatic N) is 3. The molecule has 8 aromatic rings. The monoisotopic (exact) mass is 551 g/mol. The summed E-state index contributed by atoms with van der Waals surface area (Å²) in [5.74, 6) is 1.84. The van der Waals surface area contributed by atoms with Gasteiger partial charge in [-0.25, -0.2) is 15.0 Å². The fourth-order valence-corrected chi connectivity index (χ4v) is 5.65. The van der Waals surface area contributed by atoms with Crippen molar-refractivity contribution in [2.45, 2.75) is 0 Å². The molecule has 0 aliphatic carbocycles. The largest absolute Gasteiger partial charge is 0.455 e. The van der Waals surface area contributed by atoms with E-state index < -0.39 is 0 Å². The Balaban J connectivity index is 1.39. The summed E-state index contributed by atoms with van der Waals surface area (Å²) >= 11 is 0. The number of furan rings is 1. The van der Waals surface area contributed by atoms with Crippen molar-refractivity contribution in [1.82, 2.24) is 15.0 Å². The second-order valence-electron chi connectivity index (χ2n) is 10.4. The highest BCUT2D eigenvalue weighted by molar-refractivity contribution is 6.12. The first-order valence-electron chi connectivity index (χ1n) is 14.3. The van der Waals surface area contributed by atoms with Crippen molar-refractivity contribution in [1.29, 1.82) is 0 Å². The van der Waals surface area contributed by atoms with Gasteiger partial charge in [-0.05, 0) is 34.9 Å². The average Bonchev–Trinajstić information content (AvgIpc) is 3.48. The minimum Gasteiger partial charge on any atom is -0.455 e. The highest BCUT2D eigenvalue weighted by Crippen LogP contribution is 2.42. The number of hydrogen-bond donors (Lipinski definition) is 0. The third-order valence-electron chi connectivity index (χ3n) is 7.77. The lowest BCUT2D eigenvalue weighted by molar-refractivity contribution is 0.670. The molecule has 0 fully saturated rings. The number of benzene rings is 6. The molecule has 0 aliphatic rings. The van der Waals surface area contributed by atoms with Crippen LogP contribution in [0.4, 0.5) is 0 Å². The maximum atomic E-state index is 6.57. The van der Waals surface area contributed by atoms with Gasteiger partial charge < -0.3 is 4.42 Å². The van der Waals surface area contributed by atoms with Gasteiger partial charge in [0.05, 0.1) is 0 Å². The van der Waals surface area contributed by atoms with Crippen molar-refractivity contribution in [2.75, 3.05) is 0 Å². The van der Waals surface area contributed by atoms with Gasteiger partial charge in [0.15, 0.2) is 17.5 Å². The molecule has 2 heterocycles. The van der Waals surface area contributed by atoms with E-state index in [1.807, 2.05) is 84.9 Å². The Labute approximate surface area is 249 Å². The summed E-state index contributed by atoms with van der Waals surface area (Å²) < 4.78 is 6.57. The van der Waals surface area contributed by atoms with Gasteiger partial charge in [0.1, 0.15) is 11.2 Å². The van der Waals surface area contributed by atoms with Crippen molar-refractivity contribution in [3.05, 3.63) is 152 Å². The number of hydrogen-bond acceptors (Lipinski definition) is 4. The van der Waals surface area contributed by atoms with E-state index in [1.165, 1.54) is 5.56 Å². The number of rotatable bonds is 5. The van der Waals surface area contributed by atoms with Crippen molar-refractivity contribution in [2.24, 2.45) is 0 Å². The van der Waals surface area contributed by atoms with E-state index in [-0.39, 0.29) is 0 Å². The van der Waals surface area contributed by atoms with E-state index in [4.69, 9.17) is 19.4 Å². The fourth-order valence-electron chi connectivity index (χ4n) is 5.65. The summed E-state index contributed by atoms with van der Waals surface area (Å²) in [4.78, 5) is 15.0. The van der Waals surface area contributed by atoms with Gasteiger partial charge in [-0.15, -0.1) is 0 Å². The van der Waals surface area contributed by atoms with Gasteiger partial charge in [-0.1, -0.05) is 133 Å². The fraction of sp³-hybridized carbons (Fsp3) is 0. The zero-order valence-corrected chi connectivity index (χ0v) is 23.2. The Hall–Kier alpha value is -5.87. The third-order valence-corrected chi connectivity index (χ3v) is 7.77. The van der Waals surface area contributed by atoms with Crippen LogP contribution < -0.4 is 0 Å². The topological polar surface area (TPSA) is 51.8 Å². The Kier molecular flexibility index (Phi) is 6.08. The van der Waals surface area contributed by atoms with Crippen LogP contribution in [0.2, 0.25) is 0 Å². The predicted molar refractivity (Wildman–Crippen MR) is 174 cm³/mol. The predicted octanol–water partition coefficient (Wildman–Crippen LogP) is 10.1. The molecule has 4 nitrogen and oxygen atoms in total. The molecule has 0 saturated heterocycles. The first-order chi connectivity index (χ1) is 21.3. The SMILES string of the molecule is c1ccc(-c2ccc(-c3c(-c4nc(-c5ccccc5)nc(-c5ccccc5)n4)ccc4c3oc3ccccc34)cc2)cc1. The highest BCUT2D eigenvalue weighted by Gasteiger charge is 2.21. The van der Waals surface area contributed by atoms with Crippen LogP contribution in [0.3, 0.4) is 0 Å². The van der Waals surface area contributed by atoms with Crippen molar-refractivity contribution < 1.29 is 4.42 Å². The number of para-hydroxylation sites is 1. The second kappa shape index (κ2) is 10.5. The quantitative estimate of drug-likeness (QED) is 0.214. The van der Waals surface area contributed by atoms with Crippen LogP contribution in [-0.2, 0) is 0 Å². The van der Waals surface area contributed by atoms with E-state index in [2.05, 4.69) is 66.7 Å². The third kappa shape index (κ3) is 4.55. The molecule has 0 unspecified atom stereocenters. The minimum atomic E-state index is 0.595. The van der Waals surface area contributed by atoms with Crippen molar-refractivity contribution >= 4 is 21.9 Å². The molecule has 43 heavy (non-hydrogen) atoms. The van der Waals surface area contributed by atoms with Crippen LogP contribution in [-0.4, -0.2) is 15.0 Å². The molecule has 0 aliphatic heterocycles. The lowest BCUT2D eigenvalue weighted by Gasteiger charge is -2.13. The molecule has 202 valence electrons. The van der Waals surface area contributed by atoms with E-state index in [1.54, 1.807) is 0 Å². The molecule has 0 spiro atoms. The van der Waals surface area contributed by atoms with E-state index in [0.29, 0.717) is 17.5 Å². The van der Waals surface area contributed by atoms with Crippen molar-refractivity contribution in [3.8, 4) is 56.4 Å². The van der Waals surface area contributed by atoms with Crippen LogP contribution in [0.1, 0.15) is 0 Å². The molecule has 0 atom stereocenters.